The number of ether oxygens (including phenoxy) is 2. The first kappa shape index (κ1) is 21.1. The molecule has 3 rings (SSSR count). The SMILES string of the molecule is CCOC(=O)N1CCC(NC(N)=NCC2CCN(c3ccccc3OC)C2)CC1. The van der Waals surface area contributed by atoms with Crippen LogP contribution in [0.3, 0.4) is 0 Å². The Morgan fingerprint density at radius 3 is 2.72 bits per heavy atom. The van der Waals surface area contributed by atoms with Crippen molar-refractivity contribution in [2.45, 2.75) is 32.2 Å². The summed E-state index contributed by atoms with van der Waals surface area (Å²) in [5, 5.41) is 3.31. The highest BCUT2D eigenvalue weighted by atomic mass is 16.6. The van der Waals surface area contributed by atoms with Crippen molar-refractivity contribution in [3.8, 4) is 5.75 Å². The molecule has 2 heterocycles. The Balaban J connectivity index is 1.42. The van der Waals surface area contributed by atoms with Crippen LogP contribution in [0.5, 0.6) is 5.75 Å². The molecule has 0 aromatic heterocycles. The summed E-state index contributed by atoms with van der Waals surface area (Å²) >= 11 is 0. The molecule has 2 fully saturated rings. The van der Waals surface area contributed by atoms with Gasteiger partial charge in [-0.2, -0.15) is 0 Å². The topological polar surface area (TPSA) is 92.4 Å². The Kier molecular flexibility index (Phi) is 7.43. The Hall–Kier alpha value is -2.64. The molecule has 2 aliphatic heterocycles. The highest BCUT2D eigenvalue weighted by Gasteiger charge is 2.25. The summed E-state index contributed by atoms with van der Waals surface area (Å²) in [4.78, 5) is 20.4. The summed E-state index contributed by atoms with van der Waals surface area (Å²) in [6.45, 7) is 6.26. The van der Waals surface area contributed by atoms with E-state index in [4.69, 9.17) is 15.2 Å². The Labute approximate surface area is 173 Å². The van der Waals surface area contributed by atoms with Gasteiger partial charge >= 0.3 is 6.09 Å². The fraction of sp³-hybridized carbons (Fsp3) is 0.619. The molecule has 1 aromatic carbocycles. The molecule has 1 amide bonds. The summed E-state index contributed by atoms with van der Waals surface area (Å²) in [6, 6.07) is 8.37. The number of likely N-dealkylation sites (tertiary alicyclic amines) is 1. The van der Waals surface area contributed by atoms with Crippen LogP contribution >= 0.6 is 0 Å². The number of nitrogens with two attached hydrogens (primary N) is 1. The molecule has 0 spiro atoms. The predicted octanol–water partition coefficient (Wildman–Crippen LogP) is 2.05. The van der Waals surface area contributed by atoms with Gasteiger partial charge in [0.25, 0.3) is 0 Å². The molecule has 160 valence electrons. The highest BCUT2D eigenvalue weighted by molar-refractivity contribution is 5.78. The van der Waals surface area contributed by atoms with Crippen LogP contribution < -0.4 is 20.7 Å². The zero-order valence-electron chi connectivity index (χ0n) is 17.5. The van der Waals surface area contributed by atoms with E-state index in [0.717, 1.165) is 43.8 Å². The maximum Gasteiger partial charge on any atom is 0.409 e. The number of piperidine rings is 1. The van der Waals surface area contributed by atoms with Crippen LogP contribution in [0.25, 0.3) is 0 Å². The second-order valence-electron chi connectivity index (χ2n) is 7.60. The van der Waals surface area contributed by atoms with Crippen LogP contribution in [0.4, 0.5) is 10.5 Å². The van der Waals surface area contributed by atoms with E-state index in [0.29, 0.717) is 38.1 Å². The minimum atomic E-state index is -0.228. The third-order valence-electron chi connectivity index (χ3n) is 5.60. The number of aliphatic imine (C=N–C) groups is 1. The van der Waals surface area contributed by atoms with E-state index in [1.807, 2.05) is 25.1 Å². The summed E-state index contributed by atoms with van der Waals surface area (Å²) in [7, 11) is 1.71. The van der Waals surface area contributed by atoms with Gasteiger partial charge in [0.05, 0.1) is 19.4 Å². The van der Waals surface area contributed by atoms with Crippen molar-refractivity contribution in [2.75, 3.05) is 51.3 Å². The van der Waals surface area contributed by atoms with Gasteiger partial charge < -0.3 is 30.3 Å². The standard InChI is InChI=1S/C21H33N5O3/c1-3-29-21(27)25-12-9-17(10-13-25)24-20(22)23-14-16-8-11-26(15-16)18-6-4-5-7-19(18)28-2/h4-7,16-17H,3,8-15H2,1-2H3,(H3,22,23,24). The van der Waals surface area contributed by atoms with Crippen molar-refractivity contribution < 1.29 is 14.3 Å². The van der Waals surface area contributed by atoms with E-state index in [1.165, 1.54) is 0 Å². The lowest BCUT2D eigenvalue weighted by molar-refractivity contribution is 0.0963. The normalized spacial score (nSPS) is 20.6. The van der Waals surface area contributed by atoms with Crippen molar-refractivity contribution in [3.63, 3.8) is 0 Å². The van der Waals surface area contributed by atoms with E-state index in [1.54, 1.807) is 12.0 Å². The van der Waals surface area contributed by atoms with Crippen molar-refractivity contribution in [1.29, 1.82) is 0 Å². The van der Waals surface area contributed by atoms with Crippen LogP contribution in [0.1, 0.15) is 26.2 Å². The van der Waals surface area contributed by atoms with E-state index >= 15 is 0 Å². The lowest BCUT2D eigenvalue weighted by Crippen LogP contribution is -2.48. The molecule has 0 saturated carbocycles. The van der Waals surface area contributed by atoms with Crippen molar-refractivity contribution >= 4 is 17.7 Å². The fourth-order valence-corrected chi connectivity index (χ4v) is 3.99. The molecule has 0 radical (unpaired) electrons. The number of nitrogens with zero attached hydrogens (tertiary/aromatic N) is 3. The maximum absolute atomic E-state index is 11.8. The minimum absolute atomic E-state index is 0.228. The number of hydrogen-bond acceptors (Lipinski definition) is 5. The van der Waals surface area contributed by atoms with Gasteiger partial charge in [0.2, 0.25) is 0 Å². The van der Waals surface area contributed by atoms with Gasteiger partial charge in [-0.25, -0.2) is 4.79 Å². The lowest BCUT2D eigenvalue weighted by atomic mass is 10.1. The predicted molar refractivity (Wildman–Crippen MR) is 115 cm³/mol. The number of methoxy groups -OCH3 is 1. The smallest absolute Gasteiger partial charge is 0.409 e. The zero-order chi connectivity index (χ0) is 20.6. The number of nitrogens with one attached hydrogen (secondary N) is 1. The van der Waals surface area contributed by atoms with Crippen LogP contribution in [-0.2, 0) is 4.74 Å². The maximum atomic E-state index is 11.8. The van der Waals surface area contributed by atoms with Gasteiger partial charge in [0.1, 0.15) is 5.75 Å². The Morgan fingerprint density at radius 2 is 2.00 bits per heavy atom. The molecule has 0 aliphatic carbocycles. The molecule has 2 aliphatic rings. The average Bonchev–Trinajstić information content (AvgIpc) is 3.22. The number of carbonyl (C=O) groups excluding carboxylic acids is 1. The largest absolute Gasteiger partial charge is 0.495 e. The Morgan fingerprint density at radius 1 is 1.24 bits per heavy atom. The van der Waals surface area contributed by atoms with Crippen LogP contribution in [-0.4, -0.2) is 69.4 Å². The lowest BCUT2D eigenvalue weighted by Gasteiger charge is -2.31. The molecule has 1 aromatic rings. The van der Waals surface area contributed by atoms with Crippen LogP contribution in [0.15, 0.2) is 29.3 Å². The van der Waals surface area contributed by atoms with E-state index in [2.05, 4.69) is 21.3 Å². The quantitative estimate of drug-likeness (QED) is 0.558. The van der Waals surface area contributed by atoms with E-state index in [9.17, 15) is 4.79 Å². The molecular weight excluding hydrogens is 370 g/mol. The van der Waals surface area contributed by atoms with Crippen molar-refractivity contribution in [3.05, 3.63) is 24.3 Å². The molecular formula is C21H33N5O3. The summed E-state index contributed by atoms with van der Waals surface area (Å²) in [5.74, 6) is 1.88. The summed E-state index contributed by atoms with van der Waals surface area (Å²) < 4.78 is 10.5. The number of para-hydroxylation sites is 2. The molecule has 3 N–H and O–H groups in total. The molecule has 8 heteroatoms. The molecule has 1 unspecified atom stereocenters. The second-order valence-corrected chi connectivity index (χ2v) is 7.60. The average molecular weight is 404 g/mol. The summed E-state index contributed by atoms with van der Waals surface area (Å²) in [5.41, 5.74) is 7.26. The molecule has 0 bridgehead atoms. The van der Waals surface area contributed by atoms with Crippen molar-refractivity contribution in [1.82, 2.24) is 10.2 Å². The van der Waals surface area contributed by atoms with Crippen LogP contribution in [0, 0.1) is 5.92 Å². The van der Waals surface area contributed by atoms with Gasteiger partial charge in [-0.1, -0.05) is 12.1 Å². The minimum Gasteiger partial charge on any atom is -0.495 e. The fourth-order valence-electron chi connectivity index (χ4n) is 3.99. The second kappa shape index (κ2) is 10.2. The number of hydrogen-bond donors (Lipinski definition) is 2. The first-order chi connectivity index (χ1) is 14.1. The molecule has 29 heavy (non-hydrogen) atoms. The number of amides is 1. The number of benzene rings is 1. The van der Waals surface area contributed by atoms with Gasteiger partial charge in [0.15, 0.2) is 5.96 Å². The number of anilines is 1. The summed E-state index contributed by atoms with van der Waals surface area (Å²) in [6.07, 6.45) is 2.56. The first-order valence-corrected chi connectivity index (χ1v) is 10.5. The van der Waals surface area contributed by atoms with Crippen LogP contribution in [0.2, 0.25) is 0 Å². The molecule has 8 nitrogen and oxygen atoms in total. The van der Waals surface area contributed by atoms with Gasteiger partial charge in [-0.05, 0) is 44.2 Å². The molecule has 1 atom stereocenters. The third-order valence-corrected chi connectivity index (χ3v) is 5.60. The van der Waals surface area contributed by atoms with E-state index < -0.39 is 0 Å². The monoisotopic (exact) mass is 403 g/mol. The van der Waals surface area contributed by atoms with Gasteiger partial charge in [-0.15, -0.1) is 0 Å². The van der Waals surface area contributed by atoms with Gasteiger partial charge in [0, 0.05) is 38.8 Å². The Bertz CT molecular complexity index is 703. The number of guanidine groups is 1. The zero-order valence-corrected chi connectivity index (χ0v) is 17.5. The number of rotatable bonds is 6. The van der Waals surface area contributed by atoms with Gasteiger partial charge in [-0.3, -0.25) is 4.99 Å². The third kappa shape index (κ3) is 5.68. The van der Waals surface area contributed by atoms with Crippen molar-refractivity contribution in [2.24, 2.45) is 16.6 Å². The molecule has 2 saturated heterocycles. The number of carbonyl (C=O) groups is 1. The van der Waals surface area contributed by atoms with E-state index in [-0.39, 0.29) is 12.1 Å². The first-order valence-electron chi connectivity index (χ1n) is 10.5. The highest BCUT2D eigenvalue weighted by Crippen LogP contribution is 2.31.